The van der Waals surface area contributed by atoms with E-state index in [0.717, 1.165) is 23.3 Å². The SMILES string of the molecule is CCOc1cc(COc2c(Br)cc(/C=C(\C#N)C(=O)Nc3cccc(C(F)(F)F)c3)cc2OC)ccc1OCc1ccccc1. The number of nitrogens with zero attached hydrogens (tertiary/aromatic N) is 1. The molecule has 0 atom stereocenters. The van der Waals surface area contributed by atoms with Crippen LogP contribution in [0.3, 0.4) is 0 Å². The van der Waals surface area contributed by atoms with Gasteiger partial charge in [-0.25, -0.2) is 0 Å². The maximum atomic E-state index is 13.0. The lowest BCUT2D eigenvalue weighted by Crippen LogP contribution is -2.14. The molecule has 0 aliphatic heterocycles. The van der Waals surface area contributed by atoms with Gasteiger partial charge in [0.25, 0.3) is 5.91 Å². The average molecular weight is 682 g/mol. The molecule has 0 unspecified atom stereocenters. The third kappa shape index (κ3) is 9.03. The molecule has 4 rings (SSSR count). The highest BCUT2D eigenvalue weighted by Gasteiger charge is 2.30. The summed E-state index contributed by atoms with van der Waals surface area (Å²) in [5.74, 6) is 1.01. The van der Waals surface area contributed by atoms with E-state index >= 15 is 0 Å². The largest absolute Gasteiger partial charge is 0.493 e. The molecule has 0 radical (unpaired) electrons. The van der Waals surface area contributed by atoms with Gasteiger partial charge in [0.15, 0.2) is 23.0 Å². The van der Waals surface area contributed by atoms with Crippen molar-refractivity contribution in [3.05, 3.63) is 117 Å². The van der Waals surface area contributed by atoms with Crippen molar-refractivity contribution in [1.82, 2.24) is 0 Å². The summed E-state index contributed by atoms with van der Waals surface area (Å²) >= 11 is 3.47. The van der Waals surface area contributed by atoms with E-state index in [0.29, 0.717) is 46.2 Å². The molecule has 1 N–H and O–H groups in total. The molecule has 7 nitrogen and oxygen atoms in total. The monoisotopic (exact) mass is 680 g/mol. The Kier molecular flexibility index (Phi) is 11.1. The molecule has 232 valence electrons. The highest BCUT2D eigenvalue weighted by molar-refractivity contribution is 9.10. The summed E-state index contributed by atoms with van der Waals surface area (Å²) in [7, 11) is 1.44. The molecule has 45 heavy (non-hydrogen) atoms. The highest BCUT2D eigenvalue weighted by atomic mass is 79.9. The summed E-state index contributed by atoms with van der Waals surface area (Å²) < 4.78 is 63.0. The van der Waals surface area contributed by atoms with Gasteiger partial charge in [-0.2, -0.15) is 18.4 Å². The molecule has 0 aliphatic rings. The van der Waals surface area contributed by atoms with E-state index in [1.165, 1.54) is 25.3 Å². The van der Waals surface area contributed by atoms with Gasteiger partial charge in [-0.05, 0) is 88.1 Å². The normalized spacial score (nSPS) is 11.4. The number of carbonyl (C=O) groups is 1. The lowest BCUT2D eigenvalue weighted by molar-refractivity contribution is -0.137. The van der Waals surface area contributed by atoms with Crippen LogP contribution in [0, 0.1) is 11.3 Å². The minimum atomic E-state index is -4.58. The minimum Gasteiger partial charge on any atom is -0.493 e. The number of rotatable bonds is 12. The predicted octanol–water partition coefficient (Wildman–Crippen LogP) is 8.58. The number of nitriles is 1. The van der Waals surface area contributed by atoms with Gasteiger partial charge in [0.05, 0.1) is 23.8 Å². The second-order valence-electron chi connectivity index (χ2n) is 9.51. The van der Waals surface area contributed by atoms with E-state index in [1.54, 1.807) is 18.2 Å². The summed E-state index contributed by atoms with van der Waals surface area (Å²) in [5.41, 5.74) is 0.908. The smallest absolute Gasteiger partial charge is 0.416 e. The third-order valence-corrected chi connectivity index (χ3v) is 6.89. The van der Waals surface area contributed by atoms with Crippen molar-refractivity contribution in [3.63, 3.8) is 0 Å². The highest BCUT2D eigenvalue weighted by Crippen LogP contribution is 2.38. The van der Waals surface area contributed by atoms with Crippen LogP contribution in [0.1, 0.15) is 29.2 Å². The number of hydrogen-bond acceptors (Lipinski definition) is 6. The topological polar surface area (TPSA) is 89.8 Å². The lowest BCUT2D eigenvalue weighted by Gasteiger charge is -2.16. The molecule has 0 bridgehead atoms. The van der Waals surface area contributed by atoms with Gasteiger partial charge in [-0.1, -0.05) is 42.5 Å². The Bertz CT molecular complexity index is 1720. The van der Waals surface area contributed by atoms with E-state index in [2.05, 4.69) is 21.2 Å². The fraction of sp³-hybridized carbons (Fsp3) is 0.176. The Hall–Kier alpha value is -4.95. The number of methoxy groups -OCH3 is 1. The van der Waals surface area contributed by atoms with Crippen LogP contribution in [-0.2, 0) is 24.2 Å². The van der Waals surface area contributed by atoms with Crippen LogP contribution in [-0.4, -0.2) is 19.6 Å². The van der Waals surface area contributed by atoms with Crippen LogP contribution in [0.5, 0.6) is 23.0 Å². The quantitative estimate of drug-likeness (QED) is 0.119. The van der Waals surface area contributed by atoms with Crippen molar-refractivity contribution in [2.75, 3.05) is 19.0 Å². The van der Waals surface area contributed by atoms with E-state index in [4.69, 9.17) is 18.9 Å². The first-order valence-corrected chi connectivity index (χ1v) is 14.4. The van der Waals surface area contributed by atoms with E-state index in [-0.39, 0.29) is 17.9 Å². The maximum absolute atomic E-state index is 13.0. The number of nitrogens with one attached hydrogen (secondary N) is 1. The Balaban J connectivity index is 1.48. The van der Waals surface area contributed by atoms with Gasteiger partial charge in [0.2, 0.25) is 0 Å². The molecule has 4 aromatic carbocycles. The zero-order valence-corrected chi connectivity index (χ0v) is 25.9. The molecule has 0 fully saturated rings. The summed E-state index contributed by atoms with van der Waals surface area (Å²) in [5, 5.41) is 11.9. The van der Waals surface area contributed by atoms with Crippen LogP contribution in [0.15, 0.2) is 95.0 Å². The zero-order chi connectivity index (χ0) is 32.4. The lowest BCUT2D eigenvalue weighted by atomic mass is 10.1. The second kappa shape index (κ2) is 15.2. The number of anilines is 1. The summed E-state index contributed by atoms with van der Waals surface area (Å²) in [6, 6.07) is 24.4. The van der Waals surface area contributed by atoms with Crippen molar-refractivity contribution in [3.8, 4) is 29.1 Å². The summed E-state index contributed by atoms with van der Waals surface area (Å²) in [6.07, 6.45) is -3.28. The van der Waals surface area contributed by atoms with Gasteiger partial charge in [-0.15, -0.1) is 0 Å². The number of hydrogen-bond donors (Lipinski definition) is 1. The molecular formula is C34H28BrF3N2O5. The number of amides is 1. The Labute approximate surface area is 266 Å². The first-order valence-electron chi connectivity index (χ1n) is 13.6. The van der Waals surface area contributed by atoms with Crippen molar-refractivity contribution in [1.29, 1.82) is 5.26 Å². The van der Waals surface area contributed by atoms with Gasteiger partial charge in [0.1, 0.15) is 24.9 Å². The second-order valence-corrected chi connectivity index (χ2v) is 10.4. The first kappa shape index (κ1) is 33.0. The molecule has 4 aromatic rings. The average Bonchev–Trinajstić information content (AvgIpc) is 3.02. The molecular weight excluding hydrogens is 653 g/mol. The standard InChI is InChI=1S/C34H28BrF3N2O5/c1-3-43-30-16-23(12-13-29(30)44-20-22-8-5-4-6-9-22)21-45-32-28(35)15-24(17-31(32)42-2)14-25(19-39)33(41)40-27-11-7-10-26(18-27)34(36,37)38/h4-18H,3,20-21H2,1-2H3,(H,40,41)/b25-14+. The number of halogens is 4. The Morgan fingerprint density at radius 1 is 0.889 bits per heavy atom. The fourth-order valence-corrected chi connectivity index (χ4v) is 4.74. The van der Waals surface area contributed by atoms with Crippen LogP contribution in [0.2, 0.25) is 0 Å². The molecule has 0 aromatic heterocycles. The predicted molar refractivity (Wildman–Crippen MR) is 167 cm³/mol. The Morgan fingerprint density at radius 3 is 2.33 bits per heavy atom. The Morgan fingerprint density at radius 2 is 1.64 bits per heavy atom. The van der Waals surface area contributed by atoms with Crippen molar-refractivity contribution in [2.45, 2.75) is 26.3 Å². The third-order valence-electron chi connectivity index (χ3n) is 6.30. The molecule has 0 aliphatic carbocycles. The molecule has 0 saturated carbocycles. The van der Waals surface area contributed by atoms with Crippen molar-refractivity contribution < 1.29 is 36.9 Å². The van der Waals surface area contributed by atoms with Crippen molar-refractivity contribution in [2.24, 2.45) is 0 Å². The van der Waals surface area contributed by atoms with Gasteiger partial charge >= 0.3 is 6.18 Å². The van der Waals surface area contributed by atoms with Gasteiger partial charge in [0, 0.05) is 5.69 Å². The molecule has 1 amide bonds. The molecule has 0 spiro atoms. The van der Waals surface area contributed by atoms with Crippen LogP contribution >= 0.6 is 15.9 Å². The van der Waals surface area contributed by atoms with E-state index in [1.807, 2.05) is 55.5 Å². The zero-order valence-electron chi connectivity index (χ0n) is 24.3. The maximum Gasteiger partial charge on any atom is 0.416 e. The van der Waals surface area contributed by atoms with E-state index in [9.17, 15) is 23.2 Å². The number of alkyl halides is 3. The number of benzene rings is 4. The van der Waals surface area contributed by atoms with Crippen LogP contribution in [0.4, 0.5) is 18.9 Å². The minimum absolute atomic E-state index is 0.0956. The molecule has 0 saturated heterocycles. The number of ether oxygens (including phenoxy) is 4. The number of carbonyl (C=O) groups excluding carboxylic acids is 1. The molecule has 11 heteroatoms. The first-order chi connectivity index (χ1) is 21.6. The van der Waals surface area contributed by atoms with Crippen molar-refractivity contribution >= 4 is 33.6 Å². The van der Waals surface area contributed by atoms with Gasteiger partial charge in [-0.3, -0.25) is 4.79 Å². The van der Waals surface area contributed by atoms with E-state index < -0.39 is 17.6 Å². The molecule has 0 heterocycles. The summed E-state index contributed by atoms with van der Waals surface area (Å²) in [4.78, 5) is 12.7. The van der Waals surface area contributed by atoms with Crippen LogP contribution in [0.25, 0.3) is 6.08 Å². The van der Waals surface area contributed by atoms with Gasteiger partial charge < -0.3 is 24.3 Å². The van der Waals surface area contributed by atoms with Crippen LogP contribution < -0.4 is 24.3 Å². The fourth-order valence-electron chi connectivity index (χ4n) is 4.17. The summed E-state index contributed by atoms with van der Waals surface area (Å²) in [6.45, 7) is 2.88.